The van der Waals surface area contributed by atoms with Crippen molar-refractivity contribution < 1.29 is 0 Å². The summed E-state index contributed by atoms with van der Waals surface area (Å²) in [4.78, 5) is 4.18. The molecular weight excluding hydrogens is 272 g/mol. The van der Waals surface area contributed by atoms with Gasteiger partial charge in [-0.15, -0.1) is 0 Å². The minimum atomic E-state index is 0.209. The maximum atomic E-state index is 9.20. The zero-order valence-corrected chi connectivity index (χ0v) is 13.5. The number of anilines is 1. The highest BCUT2D eigenvalue weighted by atomic mass is 15.2. The first-order valence-corrected chi connectivity index (χ1v) is 7.20. The number of nitrogens with zero attached hydrogens (tertiary/aromatic N) is 4. The van der Waals surface area contributed by atoms with E-state index in [9.17, 15) is 10.5 Å². The molecule has 0 bridgehead atoms. The maximum absolute atomic E-state index is 9.20. The van der Waals surface area contributed by atoms with Crippen molar-refractivity contribution in [1.82, 2.24) is 4.90 Å². The highest BCUT2D eigenvalue weighted by molar-refractivity contribution is 5.64. The minimum Gasteiger partial charge on any atom is -0.383 e. The molecule has 1 heterocycles. The van der Waals surface area contributed by atoms with Gasteiger partial charge in [-0.05, 0) is 36.6 Å². The standard InChI is InChI=1S/C18H20N4/c1-13-6-5-7-18(14(13)2)22-11-16(10-21(3)4)17(12-22)15(8-19)9-20/h5-7,10H,11-12H2,1-4H3/b16-10-. The predicted molar refractivity (Wildman–Crippen MR) is 88.2 cm³/mol. The summed E-state index contributed by atoms with van der Waals surface area (Å²) in [5.41, 5.74) is 5.72. The molecule has 1 aromatic carbocycles. The molecule has 1 aliphatic rings. The largest absolute Gasteiger partial charge is 0.383 e. The van der Waals surface area contributed by atoms with Crippen LogP contribution in [0.25, 0.3) is 0 Å². The molecule has 4 nitrogen and oxygen atoms in total. The molecular formula is C18H20N4. The Balaban J connectivity index is 2.49. The van der Waals surface area contributed by atoms with Crippen LogP contribution < -0.4 is 4.90 Å². The summed E-state index contributed by atoms with van der Waals surface area (Å²) >= 11 is 0. The van der Waals surface area contributed by atoms with Crippen LogP contribution in [0.4, 0.5) is 5.69 Å². The van der Waals surface area contributed by atoms with Crippen LogP contribution >= 0.6 is 0 Å². The van der Waals surface area contributed by atoms with Gasteiger partial charge in [-0.1, -0.05) is 12.1 Å². The van der Waals surface area contributed by atoms with Gasteiger partial charge in [0.1, 0.15) is 17.7 Å². The van der Waals surface area contributed by atoms with Crippen molar-refractivity contribution in [3.8, 4) is 12.1 Å². The monoisotopic (exact) mass is 292 g/mol. The van der Waals surface area contributed by atoms with Crippen molar-refractivity contribution in [3.63, 3.8) is 0 Å². The third kappa shape index (κ3) is 2.97. The number of nitriles is 2. The number of allylic oxidation sites excluding steroid dienone is 1. The molecule has 0 aliphatic carbocycles. The molecule has 0 unspecified atom stereocenters. The Bertz CT molecular complexity index is 710. The zero-order chi connectivity index (χ0) is 16.3. The Morgan fingerprint density at radius 1 is 1.18 bits per heavy atom. The Morgan fingerprint density at radius 3 is 2.45 bits per heavy atom. The van der Waals surface area contributed by atoms with Crippen LogP contribution in [0.2, 0.25) is 0 Å². The fourth-order valence-corrected chi connectivity index (χ4v) is 2.73. The summed E-state index contributed by atoms with van der Waals surface area (Å²) in [5, 5.41) is 18.4. The summed E-state index contributed by atoms with van der Waals surface area (Å²) in [6, 6.07) is 10.3. The summed E-state index contributed by atoms with van der Waals surface area (Å²) < 4.78 is 0. The molecule has 1 aromatic rings. The molecule has 2 rings (SSSR count). The van der Waals surface area contributed by atoms with Gasteiger partial charge in [0, 0.05) is 44.6 Å². The van der Waals surface area contributed by atoms with E-state index in [0.29, 0.717) is 13.1 Å². The van der Waals surface area contributed by atoms with Crippen LogP contribution in [0, 0.1) is 36.5 Å². The van der Waals surface area contributed by atoms with Gasteiger partial charge in [0.2, 0.25) is 0 Å². The number of aryl methyl sites for hydroxylation is 1. The second-order valence-electron chi connectivity index (χ2n) is 5.77. The molecule has 0 aromatic heterocycles. The van der Waals surface area contributed by atoms with E-state index in [1.165, 1.54) is 11.1 Å². The molecule has 1 aliphatic heterocycles. The first kappa shape index (κ1) is 15.7. The topological polar surface area (TPSA) is 54.1 Å². The highest BCUT2D eigenvalue weighted by Crippen LogP contribution is 2.32. The smallest absolute Gasteiger partial charge is 0.135 e. The average molecular weight is 292 g/mol. The summed E-state index contributed by atoms with van der Waals surface area (Å²) in [7, 11) is 3.90. The van der Waals surface area contributed by atoms with Crippen LogP contribution in [-0.2, 0) is 0 Å². The molecule has 0 amide bonds. The van der Waals surface area contributed by atoms with Crippen molar-refractivity contribution in [3.05, 3.63) is 52.2 Å². The maximum Gasteiger partial charge on any atom is 0.135 e. The van der Waals surface area contributed by atoms with Gasteiger partial charge in [-0.3, -0.25) is 0 Å². The second kappa shape index (κ2) is 6.37. The molecule has 0 atom stereocenters. The van der Waals surface area contributed by atoms with E-state index in [4.69, 9.17) is 0 Å². The zero-order valence-electron chi connectivity index (χ0n) is 13.5. The molecule has 0 N–H and O–H groups in total. The van der Waals surface area contributed by atoms with Crippen molar-refractivity contribution >= 4 is 5.69 Å². The van der Waals surface area contributed by atoms with Crippen molar-refractivity contribution in [2.24, 2.45) is 0 Å². The SMILES string of the molecule is Cc1cccc(N2CC(=C(C#N)C#N)/C(=C\N(C)C)C2)c1C. The van der Waals surface area contributed by atoms with E-state index in [2.05, 4.69) is 30.9 Å². The number of hydrogen-bond acceptors (Lipinski definition) is 4. The summed E-state index contributed by atoms with van der Waals surface area (Å²) in [6.45, 7) is 5.51. The van der Waals surface area contributed by atoms with Crippen molar-refractivity contribution in [1.29, 1.82) is 10.5 Å². The van der Waals surface area contributed by atoms with E-state index >= 15 is 0 Å². The third-order valence-corrected chi connectivity index (χ3v) is 3.95. The van der Waals surface area contributed by atoms with Crippen molar-refractivity contribution in [2.45, 2.75) is 13.8 Å². The van der Waals surface area contributed by atoms with Crippen LogP contribution in [0.5, 0.6) is 0 Å². The number of benzene rings is 1. The lowest BCUT2D eigenvalue weighted by Crippen LogP contribution is -2.19. The lowest BCUT2D eigenvalue weighted by atomic mass is 10.1. The first-order valence-electron chi connectivity index (χ1n) is 7.20. The molecule has 1 saturated heterocycles. The second-order valence-corrected chi connectivity index (χ2v) is 5.77. The molecule has 112 valence electrons. The van der Waals surface area contributed by atoms with E-state index in [-0.39, 0.29) is 5.57 Å². The van der Waals surface area contributed by atoms with Gasteiger partial charge in [-0.25, -0.2) is 0 Å². The van der Waals surface area contributed by atoms with E-state index in [1.54, 1.807) is 0 Å². The molecule has 4 heteroatoms. The molecule has 22 heavy (non-hydrogen) atoms. The summed E-state index contributed by atoms with van der Waals surface area (Å²) in [5.74, 6) is 0. The Morgan fingerprint density at radius 2 is 1.86 bits per heavy atom. The summed E-state index contributed by atoms with van der Waals surface area (Å²) in [6.07, 6.45) is 2.00. The van der Waals surface area contributed by atoms with Crippen molar-refractivity contribution in [2.75, 3.05) is 32.1 Å². The van der Waals surface area contributed by atoms with Gasteiger partial charge in [0.25, 0.3) is 0 Å². The van der Waals surface area contributed by atoms with Gasteiger partial charge in [0.05, 0.1) is 0 Å². The molecule has 0 radical (unpaired) electrons. The minimum absolute atomic E-state index is 0.209. The lowest BCUT2D eigenvalue weighted by molar-refractivity contribution is 0.559. The van der Waals surface area contributed by atoms with E-state index in [1.807, 2.05) is 43.4 Å². The van der Waals surface area contributed by atoms with Gasteiger partial charge in [0.15, 0.2) is 0 Å². The predicted octanol–water partition coefficient (Wildman–Crippen LogP) is 2.91. The Hall–Kier alpha value is -2.72. The third-order valence-electron chi connectivity index (χ3n) is 3.95. The molecule has 0 saturated carbocycles. The van der Waals surface area contributed by atoms with Gasteiger partial charge in [-0.2, -0.15) is 10.5 Å². The van der Waals surface area contributed by atoms with Gasteiger partial charge < -0.3 is 9.80 Å². The van der Waals surface area contributed by atoms with Gasteiger partial charge >= 0.3 is 0 Å². The Labute approximate surface area is 132 Å². The quantitative estimate of drug-likeness (QED) is 0.786. The molecule has 1 fully saturated rings. The van der Waals surface area contributed by atoms with E-state index in [0.717, 1.165) is 16.8 Å². The number of hydrogen-bond donors (Lipinski definition) is 0. The fourth-order valence-electron chi connectivity index (χ4n) is 2.73. The molecule has 0 spiro atoms. The van der Waals surface area contributed by atoms with Crippen LogP contribution in [0.1, 0.15) is 11.1 Å². The lowest BCUT2D eigenvalue weighted by Gasteiger charge is -2.20. The fraction of sp³-hybridized carbons (Fsp3) is 0.333. The van der Waals surface area contributed by atoms with Crippen LogP contribution in [-0.4, -0.2) is 32.1 Å². The van der Waals surface area contributed by atoms with Crippen LogP contribution in [0.15, 0.2) is 41.1 Å². The first-order chi connectivity index (χ1) is 10.5. The highest BCUT2D eigenvalue weighted by Gasteiger charge is 2.26. The Kier molecular flexibility index (Phi) is 4.53. The normalized spacial score (nSPS) is 15.6. The average Bonchev–Trinajstić information content (AvgIpc) is 2.86. The van der Waals surface area contributed by atoms with Crippen LogP contribution in [0.3, 0.4) is 0 Å². The van der Waals surface area contributed by atoms with E-state index < -0.39 is 0 Å². The number of rotatable bonds is 2.